The Balaban J connectivity index is 2.24. The predicted molar refractivity (Wildman–Crippen MR) is 51.3 cm³/mol. The van der Waals surface area contributed by atoms with E-state index >= 15 is 0 Å². The van der Waals surface area contributed by atoms with Gasteiger partial charge in [0.25, 0.3) is 0 Å². The van der Waals surface area contributed by atoms with Crippen molar-refractivity contribution >= 4 is 0 Å². The SMILES string of the molecule is CC1COCCCCCN(C)C1. The zero-order chi connectivity index (χ0) is 8.81. The first kappa shape index (κ1) is 10.0. The van der Waals surface area contributed by atoms with E-state index in [2.05, 4.69) is 18.9 Å². The summed E-state index contributed by atoms with van der Waals surface area (Å²) < 4.78 is 5.54. The van der Waals surface area contributed by atoms with Gasteiger partial charge in [-0.25, -0.2) is 0 Å². The zero-order valence-corrected chi connectivity index (χ0v) is 8.38. The van der Waals surface area contributed by atoms with Crippen molar-refractivity contribution in [1.29, 1.82) is 0 Å². The molecule has 0 aliphatic carbocycles. The average molecular weight is 171 g/mol. The lowest BCUT2D eigenvalue weighted by Crippen LogP contribution is -2.28. The van der Waals surface area contributed by atoms with E-state index < -0.39 is 0 Å². The van der Waals surface area contributed by atoms with Crippen molar-refractivity contribution in [1.82, 2.24) is 4.90 Å². The molecule has 0 radical (unpaired) electrons. The van der Waals surface area contributed by atoms with E-state index in [1.165, 1.54) is 32.4 Å². The van der Waals surface area contributed by atoms with Crippen LogP contribution in [0, 0.1) is 5.92 Å². The summed E-state index contributed by atoms with van der Waals surface area (Å²) in [5, 5.41) is 0. The molecule has 1 fully saturated rings. The van der Waals surface area contributed by atoms with Gasteiger partial charge >= 0.3 is 0 Å². The summed E-state index contributed by atoms with van der Waals surface area (Å²) in [6, 6.07) is 0. The van der Waals surface area contributed by atoms with Crippen molar-refractivity contribution in [2.24, 2.45) is 5.92 Å². The maximum absolute atomic E-state index is 5.54. The molecule has 1 atom stereocenters. The minimum absolute atomic E-state index is 0.688. The normalized spacial score (nSPS) is 30.0. The van der Waals surface area contributed by atoms with Gasteiger partial charge < -0.3 is 9.64 Å². The molecule has 0 aromatic rings. The summed E-state index contributed by atoms with van der Waals surface area (Å²) >= 11 is 0. The number of nitrogens with zero attached hydrogens (tertiary/aromatic N) is 1. The van der Waals surface area contributed by atoms with Gasteiger partial charge in [-0.1, -0.05) is 6.92 Å². The standard InChI is InChI=1S/C10H21NO/c1-10-8-11(2)6-4-3-5-7-12-9-10/h10H,3-9H2,1-2H3. The molecule has 1 unspecified atom stereocenters. The quantitative estimate of drug-likeness (QED) is 0.550. The fraction of sp³-hybridized carbons (Fsp3) is 1.00. The van der Waals surface area contributed by atoms with Crippen LogP contribution in [0.15, 0.2) is 0 Å². The minimum Gasteiger partial charge on any atom is -0.381 e. The smallest absolute Gasteiger partial charge is 0.0503 e. The Bertz CT molecular complexity index is 104. The van der Waals surface area contributed by atoms with Crippen LogP contribution >= 0.6 is 0 Å². The first-order valence-corrected chi connectivity index (χ1v) is 5.05. The highest BCUT2D eigenvalue weighted by atomic mass is 16.5. The fourth-order valence-electron chi connectivity index (χ4n) is 1.72. The minimum atomic E-state index is 0.688. The summed E-state index contributed by atoms with van der Waals surface area (Å²) in [5.41, 5.74) is 0. The topological polar surface area (TPSA) is 12.5 Å². The molecule has 12 heavy (non-hydrogen) atoms. The van der Waals surface area contributed by atoms with Crippen molar-refractivity contribution < 1.29 is 4.74 Å². The van der Waals surface area contributed by atoms with Crippen LogP contribution in [0.4, 0.5) is 0 Å². The van der Waals surface area contributed by atoms with E-state index in [4.69, 9.17) is 4.74 Å². The van der Waals surface area contributed by atoms with Crippen LogP contribution in [0.2, 0.25) is 0 Å². The molecular formula is C10H21NO. The monoisotopic (exact) mass is 171 g/mol. The Morgan fingerprint density at radius 3 is 2.92 bits per heavy atom. The second-order valence-corrected chi connectivity index (χ2v) is 4.00. The molecule has 72 valence electrons. The Morgan fingerprint density at radius 2 is 2.08 bits per heavy atom. The van der Waals surface area contributed by atoms with Crippen LogP contribution in [0.3, 0.4) is 0 Å². The zero-order valence-electron chi connectivity index (χ0n) is 8.38. The van der Waals surface area contributed by atoms with Crippen LogP contribution < -0.4 is 0 Å². The number of hydrogen-bond acceptors (Lipinski definition) is 2. The summed E-state index contributed by atoms with van der Waals surface area (Å²) in [4.78, 5) is 2.42. The highest BCUT2D eigenvalue weighted by molar-refractivity contribution is 4.60. The van der Waals surface area contributed by atoms with Gasteiger partial charge in [0.1, 0.15) is 0 Å². The molecule has 1 aliphatic rings. The van der Waals surface area contributed by atoms with E-state index in [-0.39, 0.29) is 0 Å². The van der Waals surface area contributed by atoms with E-state index in [9.17, 15) is 0 Å². The Hall–Kier alpha value is -0.0800. The van der Waals surface area contributed by atoms with Gasteiger partial charge in [-0.05, 0) is 38.8 Å². The van der Waals surface area contributed by atoms with Gasteiger partial charge in [0.15, 0.2) is 0 Å². The lowest BCUT2D eigenvalue weighted by Gasteiger charge is -2.22. The third kappa shape index (κ3) is 4.07. The molecule has 0 bridgehead atoms. The van der Waals surface area contributed by atoms with E-state index in [0.717, 1.165) is 13.2 Å². The van der Waals surface area contributed by atoms with Crippen molar-refractivity contribution in [3.8, 4) is 0 Å². The van der Waals surface area contributed by atoms with Crippen molar-refractivity contribution in [3.63, 3.8) is 0 Å². The van der Waals surface area contributed by atoms with E-state index in [0.29, 0.717) is 5.92 Å². The van der Waals surface area contributed by atoms with Gasteiger partial charge in [-0.3, -0.25) is 0 Å². The van der Waals surface area contributed by atoms with Crippen molar-refractivity contribution in [2.45, 2.75) is 26.2 Å². The molecule has 0 aromatic heterocycles. The molecule has 1 heterocycles. The highest BCUT2D eigenvalue weighted by Crippen LogP contribution is 2.05. The molecule has 2 heteroatoms. The largest absolute Gasteiger partial charge is 0.381 e. The molecule has 1 rings (SSSR count). The summed E-state index contributed by atoms with van der Waals surface area (Å²) in [7, 11) is 2.21. The number of hydrogen-bond donors (Lipinski definition) is 0. The molecule has 2 nitrogen and oxygen atoms in total. The predicted octanol–water partition coefficient (Wildman–Crippen LogP) is 1.75. The van der Waals surface area contributed by atoms with Crippen molar-refractivity contribution in [3.05, 3.63) is 0 Å². The average Bonchev–Trinajstić information content (AvgIpc) is 2.02. The lowest BCUT2D eigenvalue weighted by atomic mass is 10.1. The van der Waals surface area contributed by atoms with Crippen LogP contribution in [0.5, 0.6) is 0 Å². The fourth-order valence-corrected chi connectivity index (χ4v) is 1.72. The van der Waals surface area contributed by atoms with E-state index in [1.54, 1.807) is 0 Å². The van der Waals surface area contributed by atoms with Gasteiger partial charge in [0.2, 0.25) is 0 Å². The Kier molecular flexibility index (Phi) is 4.62. The molecule has 1 aliphatic heterocycles. The maximum Gasteiger partial charge on any atom is 0.0503 e. The lowest BCUT2D eigenvalue weighted by molar-refractivity contribution is 0.0817. The first-order valence-electron chi connectivity index (χ1n) is 5.05. The number of rotatable bonds is 0. The van der Waals surface area contributed by atoms with Gasteiger partial charge in [-0.15, -0.1) is 0 Å². The summed E-state index contributed by atoms with van der Waals surface area (Å²) in [5.74, 6) is 0.688. The molecule has 0 aromatic carbocycles. The van der Waals surface area contributed by atoms with Crippen LogP contribution in [-0.2, 0) is 4.74 Å². The van der Waals surface area contributed by atoms with Crippen LogP contribution in [0.1, 0.15) is 26.2 Å². The molecule has 0 saturated carbocycles. The number of ether oxygens (including phenoxy) is 1. The third-order valence-corrected chi connectivity index (χ3v) is 2.35. The Labute approximate surface area is 75.9 Å². The molecule has 0 N–H and O–H groups in total. The van der Waals surface area contributed by atoms with Gasteiger partial charge in [-0.2, -0.15) is 0 Å². The molecule has 1 saturated heterocycles. The van der Waals surface area contributed by atoms with Gasteiger partial charge in [0, 0.05) is 13.2 Å². The second kappa shape index (κ2) is 5.55. The van der Waals surface area contributed by atoms with Crippen LogP contribution in [-0.4, -0.2) is 38.3 Å². The Morgan fingerprint density at radius 1 is 1.25 bits per heavy atom. The second-order valence-electron chi connectivity index (χ2n) is 4.00. The molecule has 0 spiro atoms. The van der Waals surface area contributed by atoms with Crippen LogP contribution in [0.25, 0.3) is 0 Å². The maximum atomic E-state index is 5.54. The first-order chi connectivity index (χ1) is 5.79. The summed E-state index contributed by atoms with van der Waals surface area (Å²) in [6.45, 7) is 6.60. The summed E-state index contributed by atoms with van der Waals surface area (Å²) in [6.07, 6.45) is 3.88. The van der Waals surface area contributed by atoms with Crippen molar-refractivity contribution in [2.75, 3.05) is 33.4 Å². The van der Waals surface area contributed by atoms with E-state index in [1.807, 2.05) is 0 Å². The highest BCUT2D eigenvalue weighted by Gasteiger charge is 2.07. The third-order valence-electron chi connectivity index (χ3n) is 2.35. The molecule has 0 amide bonds. The molecular weight excluding hydrogens is 150 g/mol. The van der Waals surface area contributed by atoms with Gasteiger partial charge in [0.05, 0.1) is 6.61 Å².